The first kappa shape index (κ1) is 19.4. The van der Waals surface area contributed by atoms with Crippen LogP contribution in [0.5, 0.6) is 0 Å². The standard InChI is InChI=1S/C21H22N2O5/c1-13(20(25)22-11-19(24)27-2)23-21(26)28-12-18-16-9-5-3-7-14(16)15-8-4-6-10-17(15)18/h3-10,13,18H,11-12H2,1-2H3,(H,22,25)(H,23,26)/t13-/m1/s1. The first-order valence-electron chi connectivity index (χ1n) is 8.97. The van der Waals surface area contributed by atoms with Crippen molar-refractivity contribution in [3.63, 3.8) is 0 Å². The number of benzene rings is 2. The number of hydrogen-bond acceptors (Lipinski definition) is 5. The fourth-order valence-electron chi connectivity index (χ4n) is 3.27. The van der Waals surface area contributed by atoms with Crippen molar-refractivity contribution in [1.82, 2.24) is 10.6 Å². The van der Waals surface area contributed by atoms with E-state index >= 15 is 0 Å². The lowest BCUT2D eigenvalue weighted by Crippen LogP contribution is -2.46. The summed E-state index contributed by atoms with van der Waals surface area (Å²) in [6, 6.07) is 15.2. The minimum Gasteiger partial charge on any atom is -0.468 e. The molecular weight excluding hydrogens is 360 g/mol. The van der Waals surface area contributed by atoms with E-state index in [-0.39, 0.29) is 19.1 Å². The van der Waals surface area contributed by atoms with Crippen molar-refractivity contribution in [2.24, 2.45) is 0 Å². The monoisotopic (exact) mass is 382 g/mol. The lowest BCUT2D eigenvalue weighted by Gasteiger charge is -2.17. The van der Waals surface area contributed by atoms with Gasteiger partial charge in [0.2, 0.25) is 5.91 Å². The highest BCUT2D eigenvalue weighted by Gasteiger charge is 2.29. The van der Waals surface area contributed by atoms with Crippen LogP contribution < -0.4 is 10.6 Å². The van der Waals surface area contributed by atoms with Gasteiger partial charge in [-0.05, 0) is 29.2 Å². The summed E-state index contributed by atoms with van der Waals surface area (Å²) in [5.74, 6) is -1.12. The molecule has 7 nitrogen and oxygen atoms in total. The molecular formula is C21H22N2O5. The molecule has 1 atom stereocenters. The van der Waals surface area contributed by atoms with Gasteiger partial charge in [-0.15, -0.1) is 0 Å². The van der Waals surface area contributed by atoms with Crippen molar-refractivity contribution in [2.75, 3.05) is 20.3 Å². The quantitative estimate of drug-likeness (QED) is 0.747. The molecule has 0 spiro atoms. The van der Waals surface area contributed by atoms with Crippen LogP contribution in [0.3, 0.4) is 0 Å². The van der Waals surface area contributed by atoms with Gasteiger partial charge in [-0.2, -0.15) is 0 Å². The van der Waals surface area contributed by atoms with Crippen LogP contribution in [0.2, 0.25) is 0 Å². The van der Waals surface area contributed by atoms with Crippen LogP contribution >= 0.6 is 0 Å². The lowest BCUT2D eigenvalue weighted by atomic mass is 9.98. The smallest absolute Gasteiger partial charge is 0.407 e. The predicted molar refractivity (Wildman–Crippen MR) is 103 cm³/mol. The molecule has 2 aromatic rings. The first-order valence-corrected chi connectivity index (χ1v) is 8.97. The van der Waals surface area contributed by atoms with Crippen molar-refractivity contribution in [2.45, 2.75) is 18.9 Å². The average Bonchev–Trinajstić information content (AvgIpc) is 3.04. The predicted octanol–water partition coefficient (Wildman–Crippen LogP) is 2.20. The van der Waals surface area contributed by atoms with Gasteiger partial charge in [0.25, 0.3) is 0 Å². The van der Waals surface area contributed by atoms with Crippen LogP contribution in [0.4, 0.5) is 4.79 Å². The van der Waals surface area contributed by atoms with Gasteiger partial charge in [-0.25, -0.2) is 4.79 Å². The Morgan fingerprint density at radius 1 is 1.00 bits per heavy atom. The summed E-state index contributed by atoms with van der Waals surface area (Å²) in [6.45, 7) is 1.41. The molecule has 0 aliphatic heterocycles. The summed E-state index contributed by atoms with van der Waals surface area (Å²) in [5.41, 5.74) is 4.51. The minimum atomic E-state index is -0.847. The molecule has 0 bridgehead atoms. The van der Waals surface area contributed by atoms with Crippen LogP contribution in [0.25, 0.3) is 11.1 Å². The number of esters is 1. The lowest BCUT2D eigenvalue weighted by molar-refractivity contribution is -0.141. The fourth-order valence-corrected chi connectivity index (χ4v) is 3.27. The Bertz CT molecular complexity index is 850. The van der Waals surface area contributed by atoms with E-state index in [1.54, 1.807) is 0 Å². The van der Waals surface area contributed by atoms with E-state index in [1.165, 1.54) is 14.0 Å². The maximum absolute atomic E-state index is 12.1. The zero-order chi connectivity index (χ0) is 20.1. The number of amides is 2. The number of hydrogen-bond donors (Lipinski definition) is 2. The second-order valence-electron chi connectivity index (χ2n) is 6.49. The van der Waals surface area contributed by atoms with E-state index in [0.29, 0.717) is 0 Å². The third-order valence-electron chi connectivity index (χ3n) is 4.71. The van der Waals surface area contributed by atoms with Crippen molar-refractivity contribution >= 4 is 18.0 Å². The highest BCUT2D eigenvalue weighted by Crippen LogP contribution is 2.44. The molecule has 0 radical (unpaired) electrons. The highest BCUT2D eigenvalue weighted by molar-refractivity contribution is 5.88. The molecule has 0 heterocycles. The molecule has 28 heavy (non-hydrogen) atoms. The van der Waals surface area contributed by atoms with Crippen molar-refractivity contribution in [1.29, 1.82) is 0 Å². The molecule has 7 heteroatoms. The number of alkyl carbamates (subject to hydrolysis) is 1. The first-order chi connectivity index (χ1) is 13.5. The largest absolute Gasteiger partial charge is 0.468 e. The van der Waals surface area contributed by atoms with Gasteiger partial charge in [-0.1, -0.05) is 48.5 Å². The second-order valence-corrected chi connectivity index (χ2v) is 6.49. The number of fused-ring (bicyclic) bond motifs is 3. The maximum Gasteiger partial charge on any atom is 0.407 e. The molecule has 0 fully saturated rings. The third kappa shape index (κ3) is 4.14. The number of carbonyl (C=O) groups is 3. The van der Waals surface area contributed by atoms with Crippen molar-refractivity contribution < 1.29 is 23.9 Å². The number of nitrogens with one attached hydrogen (secondary N) is 2. The van der Waals surface area contributed by atoms with Gasteiger partial charge in [0.05, 0.1) is 7.11 Å². The summed E-state index contributed by atoms with van der Waals surface area (Å²) in [6.07, 6.45) is -0.692. The van der Waals surface area contributed by atoms with Crippen LogP contribution in [0, 0.1) is 0 Å². The Labute approximate surface area is 163 Å². The molecule has 2 N–H and O–H groups in total. The van der Waals surface area contributed by atoms with Crippen LogP contribution in [0.15, 0.2) is 48.5 Å². The van der Waals surface area contributed by atoms with E-state index in [0.717, 1.165) is 22.3 Å². The topological polar surface area (TPSA) is 93.7 Å². The zero-order valence-electron chi connectivity index (χ0n) is 15.7. The Kier molecular flexibility index (Phi) is 5.93. The van der Waals surface area contributed by atoms with Gasteiger partial charge in [0, 0.05) is 5.92 Å². The molecule has 146 valence electrons. The Morgan fingerprint density at radius 2 is 1.57 bits per heavy atom. The van der Waals surface area contributed by atoms with E-state index in [2.05, 4.69) is 27.5 Å². The summed E-state index contributed by atoms with van der Waals surface area (Å²) in [7, 11) is 1.23. The summed E-state index contributed by atoms with van der Waals surface area (Å²) >= 11 is 0. The van der Waals surface area contributed by atoms with E-state index in [9.17, 15) is 14.4 Å². The third-order valence-corrected chi connectivity index (χ3v) is 4.71. The molecule has 0 unspecified atom stereocenters. The number of carbonyl (C=O) groups excluding carboxylic acids is 3. The van der Waals surface area contributed by atoms with E-state index in [4.69, 9.17) is 4.74 Å². The second kappa shape index (κ2) is 8.56. The molecule has 0 saturated heterocycles. The Balaban J connectivity index is 1.58. The van der Waals surface area contributed by atoms with Crippen molar-refractivity contribution in [3.05, 3.63) is 59.7 Å². The molecule has 2 aromatic carbocycles. The molecule has 2 amide bonds. The molecule has 1 aliphatic carbocycles. The SMILES string of the molecule is COC(=O)CNC(=O)[C@@H](C)NC(=O)OCC1c2ccccc2-c2ccccc21. The van der Waals surface area contributed by atoms with Crippen LogP contribution in [-0.2, 0) is 19.1 Å². The summed E-state index contributed by atoms with van der Waals surface area (Å²) in [5, 5.41) is 4.85. The maximum atomic E-state index is 12.1. The molecule has 0 aromatic heterocycles. The molecule has 3 rings (SSSR count). The average molecular weight is 382 g/mol. The minimum absolute atomic E-state index is 0.0541. The van der Waals surface area contributed by atoms with Gasteiger partial charge < -0.3 is 20.1 Å². The van der Waals surface area contributed by atoms with E-state index < -0.39 is 24.0 Å². The zero-order valence-corrected chi connectivity index (χ0v) is 15.7. The van der Waals surface area contributed by atoms with Gasteiger partial charge in [-0.3, -0.25) is 9.59 Å². The number of methoxy groups -OCH3 is 1. The fraction of sp³-hybridized carbons (Fsp3) is 0.286. The van der Waals surface area contributed by atoms with Crippen molar-refractivity contribution in [3.8, 4) is 11.1 Å². The molecule has 0 saturated carbocycles. The van der Waals surface area contributed by atoms with Gasteiger partial charge in [0.1, 0.15) is 19.2 Å². The van der Waals surface area contributed by atoms with Crippen LogP contribution in [0.1, 0.15) is 24.0 Å². The summed E-state index contributed by atoms with van der Waals surface area (Å²) < 4.78 is 9.83. The number of ether oxygens (including phenoxy) is 2. The Hall–Kier alpha value is -3.35. The normalized spacial score (nSPS) is 13.1. The Morgan fingerprint density at radius 3 is 2.14 bits per heavy atom. The number of rotatable bonds is 6. The summed E-state index contributed by atoms with van der Waals surface area (Å²) in [4.78, 5) is 35.1. The van der Waals surface area contributed by atoms with Crippen LogP contribution in [-0.4, -0.2) is 44.3 Å². The highest BCUT2D eigenvalue weighted by atomic mass is 16.5. The van der Waals surface area contributed by atoms with E-state index in [1.807, 2.05) is 36.4 Å². The van der Waals surface area contributed by atoms with Gasteiger partial charge >= 0.3 is 12.1 Å². The molecule has 1 aliphatic rings. The van der Waals surface area contributed by atoms with Gasteiger partial charge in [0.15, 0.2) is 0 Å².